The normalized spacial score (nSPS) is 20.6. The lowest BCUT2D eigenvalue weighted by molar-refractivity contribution is -0.369. The molecule has 0 radical (unpaired) electrons. The van der Waals surface area contributed by atoms with Gasteiger partial charge < -0.3 is 0 Å². The van der Waals surface area contributed by atoms with Crippen LogP contribution in [-0.2, 0) is 9.53 Å². The van der Waals surface area contributed by atoms with Gasteiger partial charge in [-0.15, -0.1) is 13.2 Å². The van der Waals surface area contributed by atoms with Gasteiger partial charge in [-0.05, 0) is 19.3 Å². The van der Waals surface area contributed by atoms with Crippen molar-refractivity contribution in [1.82, 2.24) is 5.43 Å². The third-order valence-electron chi connectivity index (χ3n) is 2.02. The van der Waals surface area contributed by atoms with E-state index in [2.05, 4.69) is 4.74 Å². The molecule has 13 heavy (non-hydrogen) atoms. The SMILES string of the molecule is NNC(=O)C1(OC(F)(F)F)CCC1. The minimum Gasteiger partial charge on any atom is -0.292 e. The average molecular weight is 198 g/mol. The van der Waals surface area contributed by atoms with Crippen LogP contribution in [-0.4, -0.2) is 17.9 Å². The Balaban J connectivity index is 2.65. The molecule has 0 unspecified atom stereocenters. The Morgan fingerprint density at radius 2 is 2.00 bits per heavy atom. The van der Waals surface area contributed by atoms with Crippen LogP contribution in [0.4, 0.5) is 13.2 Å². The summed E-state index contributed by atoms with van der Waals surface area (Å²) >= 11 is 0. The Morgan fingerprint density at radius 1 is 1.46 bits per heavy atom. The molecule has 76 valence electrons. The molecule has 1 aliphatic rings. The van der Waals surface area contributed by atoms with E-state index in [-0.39, 0.29) is 12.8 Å². The van der Waals surface area contributed by atoms with Gasteiger partial charge in [0.05, 0.1) is 0 Å². The fourth-order valence-corrected chi connectivity index (χ4v) is 1.23. The lowest BCUT2D eigenvalue weighted by Crippen LogP contribution is -2.57. The van der Waals surface area contributed by atoms with Gasteiger partial charge in [-0.2, -0.15) is 0 Å². The zero-order chi connectivity index (χ0) is 10.1. The van der Waals surface area contributed by atoms with Gasteiger partial charge in [0.2, 0.25) is 0 Å². The molecule has 0 aliphatic heterocycles. The average Bonchev–Trinajstić information content (AvgIpc) is 1.93. The fourth-order valence-electron chi connectivity index (χ4n) is 1.23. The molecule has 0 aromatic heterocycles. The number of carbonyl (C=O) groups excluding carboxylic acids is 1. The van der Waals surface area contributed by atoms with Gasteiger partial charge in [-0.25, -0.2) is 5.84 Å². The Bertz CT molecular complexity index is 212. The van der Waals surface area contributed by atoms with Gasteiger partial charge in [0.25, 0.3) is 5.91 Å². The Hall–Kier alpha value is -0.820. The second kappa shape index (κ2) is 3.15. The third-order valence-corrected chi connectivity index (χ3v) is 2.02. The highest BCUT2D eigenvalue weighted by atomic mass is 19.4. The van der Waals surface area contributed by atoms with Crippen molar-refractivity contribution in [2.45, 2.75) is 31.2 Å². The molecule has 0 atom stereocenters. The molecule has 0 heterocycles. The molecule has 1 rings (SSSR count). The maximum Gasteiger partial charge on any atom is 0.523 e. The van der Waals surface area contributed by atoms with Crippen molar-refractivity contribution in [2.24, 2.45) is 5.84 Å². The predicted octanol–water partition coefficient (Wildman–Crippen LogP) is 0.435. The molecule has 1 saturated carbocycles. The summed E-state index contributed by atoms with van der Waals surface area (Å²) in [6.07, 6.45) is -4.17. The van der Waals surface area contributed by atoms with Gasteiger partial charge >= 0.3 is 6.36 Å². The first-order valence-corrected chi connectivity index (χ1v) is 3.68. The van der Waals surface area contributed by atoms with E-state index in [0.717, 1.165) is 0 Å². The number of hydrogen-bond donors (Lipinski definition) is 2. The number of amides is 1. The Morgan fingerprint density at radius 3 is 2.23 bits per heavy atom. The number of ether oxygens (including phenoxy) is 1. The minimum absolute atomic E-state index is 0.0511. The first-order valence-electron chi connectivity index (χ1n) is 3.68. The maximum atomic E-state index is 11.8. The first-order chi connectivity index (χ1) is 5.90. The summed E-state index contributed by atoms with van der Waals surface area (Å²) in [5.41, 5.74) is -0.118. The first kappa shape index (κ1) is 10.3. The summed E-state index contributed by atoms with van der Waals surface area (Å²) in [6.45, 7) is 0. The summed E-state index contributed by atoms with van der Waals surface area (Å²) in [7, 11) is 0. The van der Waals surface area contributed by atoms with Crippen molar-refractivity contribution in [2.75, 3.05) is 0 Å². The highest BCUT2D eigenvalue weighted by Crippen LogP contribution is 2.40. The van der Waals surface area contributed by atoms with Gasteiger partial charge in [-0.3, -0.25) is 15.0 Å². The van der Waals surface area contributed by atoms with Crippen molar-refractivity contribution < 1.29 is 22.7 Å². The molecule has 0 saturated heterocycles. The summed E-state index contributed by atoms with van der Waals surface area (Å²) in [5.74, 6) is 3.82. The second-order valence-electron chi connectivity index (χ2n) is 2.87. The lowest BCUT2D eigenvalue weighted by Gasteiger charge is -2.39. The molecule has 0 aromatic carbocycles. The van der Waals surface area contributed by atoms with Crippen LogP contribution in [0, 0.1) is 0 Å². The predicted molar refractivity (Wildman–Crippen MR) is 36.1 cm³/mol. The number of nitrogens with two attached hydrogens (primary N) is 1. The standard InChI is InChI=1S/C6H9F3N2O2/c7-6(8,9)13-5(2-1-3-5)4(12)11-10/h1-3,10H2,(H,11,12). The van der Waals surface area contributed by atoms with Crippen LogP contribution < -0.4 is 11.3 Å². The van der Waals surface area contributed by atoms with Crippen molar-refractivity contribution in [3.8, 4) is 0 Å². The van der Waals surface area contributed by atoms with Crippen LogP contribution >= 0.6 is 0 Å². The molecule has 7 heteroatoms. The van der Waals surface area contributed by atoms with Crippen LogP contribution in [0.5, 0.6) is 0 Å². The van der Waals surface area contributed by atoms with Crippen LogP contribution in [0.3, 0.4) is 0 Å². The van der Waals surface area contributed by atoms with Crippen molar-refractivity contribution in [1.29, 1.82) is 0 Å². The zero-order valence-corrected chi connectivity index (χ0v) is 6.65. The maximum absolute atomic E-state index is 11.8. The molecule has 3 N–H and O–H groups in total. The largest absolute Gasteiger partial charge is 0.523 e. The summed E-state index contributed by atoms with van der Waals surface area (Å²) in [6, 6.07) is 0. The summed E-state index contributed by atoms with van der Waals surface area (Å²) in [5, 5.41) is 0. The van der Waals surface area contributed by atoms with Gasteiger partial charge in [-0.1, -0.05) is 0 Å². The number of alkyl halides is 3. The van der Waals surface area contributed by atoms with Crippen molar-refractivity contribution in [3.05, 3.63) is 0 Å². The molecular weight excluding hydrogens is 189 g/mol. The van der Waals surface area contributed by atoms with E-state index >= 15 is 0 Å². The van der Waals surface area contributed by atoms with Crippen LogP contribution in [0.1, 0.15) is 19.3 Å². The Labute approximate surface area is 72.2 Å². The zero-order valence-electron chi connectivity index (χ0n) is 6.65. The number of carbonyl (C=O) groups is 1. The summed E-state index contributed by atoms with van der Waals surface area (Å²) < 4.78 is 39.2. The summed E-state index contributed by atoms with van der Waals surface area (Å²) in [4.78, 5) is 10.9. The monoisotopic (exact) mass is 198 g/mol. The molecule has 0 spiro atoms. The van der Waals surface area contributed by atoms with E-state index in [1.807, 2.05) is 0 Å². The quantitative estimate of drug-likeness (QED) is 0.384. The molecule has 1 aliphatic carbocycles. The van der Waals surface area contributed by atoms with Gasteiger partial charge in [0.15, 0.2) is 5.60 Å². The van der Waals surface area contributed by atoms with Crippen LogP contribution in [0.25, 0.3) is 0 Å². The number of hydrazine groups is 1. The lowest BCUT2D eigenvalue weighted by atomic mass is 9.79. The van der Waals surface area contributed by atoms with E-state index < -0.39 is 17.9 Å². The fraction of sp³-hybridized carbons (Fsp3) is 0.833. The van der Waals surface area contributed by atoms with Gasteiger partial charge in [0.1, 0.15) is 0 Å². The van der Waals surface area contributed by atoms with Crippen LogP contribution in [0.2, 0.25) is 0 Å². The topological polar surface area (TPSA) is 64.3 Å². The van der Waals surface area contributed by atoms with E-state index in [4.69, 9.17) is 5.84 Å². The molecule has 1 amide bonds. The van der Waals surface area contributed by atoms with E-state index in [1.165, 1.54) is 0 Å². The van der Waals surface area contributed by atoms with Crippen molar-refractivity contribution >= 4 is 5.91 Å². The molecule has 4 nitrogen and oxygen atoms in total. The molecule has 0 bridgehead atoms. The van der Waals surface area contributed by atoms with Crippen molar-refractivity contribution in [3.63, 3.8) is 0 Å². The van der Waals surface area contributed by atoms with E-state index in [0.29, 0.717) is 6.42 Å². The van der Waals surface area contributed by atoms with E-state index in [9.17, 15) is 18.0 Å². The second-order valence-corrected chi connectivity index (χ2v) is 2.87. The molecule has 1 fully saturated rings. The highest BCUT2D eigenvalue weighted by Gasteiger charge is 2.52. The molecule has 0 aromatic rings. The minimum atomic E-state index is -4.80. The molecular formula is C6H9F3N2O2. The number of rotatable bonds is 2. The van der Waals surface area contributed by atoms with Crippen LogP contribution in [0.15, 0.2) is 0 Å². The third kappa shape index (κ3) is 2.10. The van der Waals surface area contributed by atoms with Gasteiger partial charge in [0, 0.05) is 0 Å². The Kier molecular flexibility index (Phi) is 2.49. The van der Waals surface area contributed by atoms with E-state index in [1.54, 1.807) is 5.43 Å². The highest BCUT2D eigenvalue weighted by molar-refractivity contribution is 5.85. The number of hydrogen-bond acceptors (Lipinski definition) is 3. The smallest absolute Gasteiger partial charge is 0.292 e. The number of halogens is 3. The number of nitrogens with one attached hydrogen (secondary N) is 1.